The van der Waals surface area contributed by atoms with Crippen LogP contribution in [0.4, 0.5) is 17.1 Å². The van der Waals surface area contributed by atoms with Gasteiger partial charge in [-0.25, -0.2) is 0 Å². The van der Waals surface area contributed by atoms with Crippen LogP contribution in [-0.2, 0) is 5.41 Å². The molecule has 0 amide bonds. The van der Waals surface area contributed by atoms with Crippen molar-refractivity contribution < 1.29 is 0 Å². The van der Waals surface area contributed by atoms with E-state index >= 15 is 0 Å². The summed E-state index contributed by atoms with van der Waals surface area (Å²) in [5, 5.41) is 2.49. The molecular formula is C59H48N2. The molecule has 1 spiro atoms. The molecule has 2 nitrogen and oxygen atoms in total. The van der Waals surface area contributed by atoms with Crippen LogP contribution >= 0.6 is 0 Å². The molecule has 0 aliphatic heterocycles. The summed E-state index contributed by atoms with van der Waals surface area (Å²) in [6.45, 7) is 0. The van der Waals surface area contributed by atoms with Crippen LogP contribution in [0.5, 0.6) is 0 Å². The molecule has 294 valence electrons. The number of benzene rings is 8. The minimum absolute atomic E-state index is 0.176. The highest BCUT2D eigenvalue weighted by Crippen LogP contribution is 2.68. The summed E-state index contributed by atoms with van der Waals surface area (Å²) in [5.41, 5.74) is 18.6. The van der Waals surface area contributed by atoms with Gasteiger partial charge in [-0.05, 0) is 161 Å². The van der Waals surface area contributed by atoms with E-state index < -0.39 is 0 Å². The third-order valence-corrected chi connectivity index (χ3v) is 15.5. The van der Waals surface area contributed by atoms with Crippen LogP contribution in [0, 0.1) is 23.7 Å². The van der Waals surface area contributed by atoms with Gasteiger partial charge >= 0.3 is 0 Å². The van der Waals surface area contributed by atoms with Gasteiger partial charge in [-0.15, -0.1) is 0 Å². The standard InChI is InChI=1S/C59H48N2/c1-3-12-46(13-4-1)60(49-32-33-57-53(38-49)51-16-8-10-21-56(51)61(57)47-14-5-2-6-15-47)48-30-27-42(28-31-48)41-23-25-43(26-24-41)50-18-11-20-55-58(50)52-17-7-9-19-54(52)59(55)44-29-22-39-34-40(36-44)37-45(59)35-39/h1-21,23-28,30-33,38-40,44-45H,22,29,34-37H2. The number of hydrogen-bond donors (Lipinski definition) is 0. The van der Waals surface area contributed by atoms with E-state index in [0.29, 0.717) is 0 Å². The number of fused-ring (bicyclic) bond motifs is 7. The summed E-state index contributed by atoms with van der Waals surface area (Å²) < 4.78 is 2.38. The van der Waals surface area contributed by atoms with Gasteiger partial charge in [0, 0.05) is 38.9 Å². The molecule has 5 aliphatic carbocycles. The van der Waals surface area contributed by atoms with Crippen LogP contribution in [-0.4, -0.2) is 4.57 Å². The van der Waals surface area contributed by atoms with Gasteiger partial charge in [0.25, 0.3) is 0 Å². The number of aromatic nitrogens is 1. The van der Waals surface area contributed by atoms with Gasteiger partial charge in [-0.1, -0.05) is 140 Å². The first-order valence-corrected chi connectivity index (χ1v) is 22.6. The van der Waals surface area contributed by atoms with Crippen molar-refractivity contribution in [2.75, 3.05) is 4.90 Å². The molecule has 0 saturated heterocycles. The third kappa shape index (κ3) is 5.27. The Morgan fingerprint density at radius 1 is 0.410 bits per heavy atom. The Hall–Kier alpha value is -6.64. The largest absolute Gasteiger partial charge is 0.310 e. The average Bonchev–Trinajstić information content (AvgIpc) is 3.72. The van der Waals surface area contributed by atoms with Crippen molar-refractivity contribution in [2.24, 2.45) is 23.7 Å². The van der Waals surface area contributed by atoms with Gasteiger partial charge in [0.1, 0.15) is 0 Å². The minimum Gasteiger partial charge on any atom is -0.310 e. The van der Waals surface area contributed by atoms with E-state index in [1.807, 2.05) is 0 Å². The lowest BCUT2D eigenvalue weighted by Crippen LogP contribution is -2.48. The molecule has 9 aromatic rings. The van der Waals surface area contributed by atoms with Gasteiger partial charge in [-0.3, -0.25) is 0 Å². The molecule has 4 saturated carbocycles. The quantitative estimate of drug-likeness (QED) is 0.163. The molecule has 1 heterocycles. The first-order chi connectivity index (χ1) is 30.2. The van der Waals surface area contributed by atoms with Crippen LogP contribution in [0.2, 0.25) is 0 Å². The van der Waals surface area contributed by atoms with Gasteiger partial charge in [0.05, 0.1) is 11.0 Å². The van der Waals surface area contributed by atoms with E-state index in [1.165, 1.54) is 99.4 Å². The van der Waals surface area contributed by atoms with Crippen molar-refractivity contribution in [3.63, 3.8) is 0 Å². The second-order valence-electron chi connectivity index (χ2n) is 18.5. The summed E-state index contributed by atoms with van der Waals surface area (Å²) >= 11 is 0. The molecule has 14 rings (SSSR count). The molecule has 2 heteroatoms. The first kappa shape index (κ1) is 35.1. The molecule has 0 radical (unpaired) electrons. The maximum Gasteiger partial charge on any atom is 0.0542 e. The Balaban J connectivity index is 0.857. The predicted molar refractivity (Wildman–Crippen MR) is 254 cm³/mol. The highest BCUT2D eigenvalue weighted by atomic mass is 15.1. The van der Waals surface area contributed by atoms with Crippen LogP contribution in [0.3, 0.4) is 0 Å². The molecule has 8 aromatic carbocycles. The number of hydrogen-bond acceptors (Lipinski definition) is 1. The molecule has 4 bridgehead atoms. The molecular weight excluding hydrogens is 737 g/mol. The average molecular weight is 785 g/mol. The zero-order valence-corrected chi connectivity index (χ0v) is 34.4. The molecule has 5 unspecified atom stereocenters. The molecule has 0 N–H and O–H groups in total. The van der Waals surface area contributed by atoms with E-state index in [-0.39, 0.29) is 5.41 Å². The minimum atomic E-state index is 0.176. The van der Waals surface area contributed by atoms with Gasteiger partial charge in [0.2, 0.25) is 0 Å². The normalized spacial score (nSPS) is 22.1. The van der Waals surface area contributed by atoms with Crippen molar-refractivity contribution in [3.8, 4) is 39.1 Å². The molecule has 61 heavy (non-hydrogen) atoms. The smallest absolute Gasteiger partial charge is 0.0542 e. The van der Waals surface area contributed by atoms with E-state index in [4.69, 9.17) is 0 Å². The van der Waals surface area contributed by atoms with Crippen molar-refractivity contribution in [1.29, 1.82) is 0 Å². The van der Waals surface area contributed by atoms with Crippen LogP contribution in [0.25, 0.3) is 60.9 Å². The van der Waals surface area contributed by atoms with Crippen molar-refractivity contribution >= 4 is 38.9 Å². The lowest BCUT2D eigenvalue weighted by Gasteiger charge is -2.53. The summed E-state index contributed by atoms with van der Waals surface area (Å²) in [5.74, 6) is 3.39. The van der Waals surface area contributed by atoms with Crippen LogP contribution in [0.1, 0.15) is 49.7 Å². The fourth-order valence-electron chi connectivity index (χ4n) is 13.2. The molecule has 1 aromatic heterocycles. The van der Waals surface area contributed by atoms with Crippen molar-refractivity contribution in [3.05, 3.63) is 205 Å². The van der Waals surface area contributed by atoms with Gasteiger partial charge < -0.3 is 9.47 Å². The third-order valence-electron chi connectivity index (χ3n) is 15.5. The zero-order valence-electron chi connectivity index (χ0n) is 34.4. The summed E-state index contributed by atoms with van der Waals surface area (Å²) in [7, 11) is 0. The van der Waals surface area contributed by atoms with Gasteiger partial charge in [0.15, 0.2) is 0 Å². The summed E-state index contributed by atoms with van der Waals surface area (Å²) in [6, 6.07) is 72.5. The number of anilines is 3. The monoisotopic (exact) mass is 784 g/mol. The maximum atomic E-state index is 2.52. The zero-order chi connectivity index (χ0) is 40.1. The SMILES string of the molecule is c1ccc(N(c2ccc(-c3ccc(-c4cccc5c4-c4ccccc4C54C5CCC6CC(C5)CC4C6)cc3)cc2)c2ccc3c(c2)c2ccccc2n3-c2ccccc2)cc1. The first-order valence-electron chi connectivity index (χ1n) is 22.6. The van der Waals surface area contributed by atoms with E-state index in [9.17, 15) is 0 Å². The predicted octanol–water partition coefficient (Wildman–Crippen LogP) is 15.7. The Bertz CT molecular complexity index is 3100. The summed E-state index contributed by atoms with van der Waals surface area (Å²) in [6.07, 6.45) is 8.55. The van der Waals surface area contributed by atoms with Crippen molar-refractivity contribution in [2.45, 2.75) is 43.9 Å². The highest BCUT2D eigenvalue weighted by molar-refractivity contribution is 6.10. The number of rotatable bonds is 6. The Morgan fingerprint density at radius 3 is 1.85 bits per heavy atom. The Labute approximate surface area is 358 Å². The maximum absolute atomic E-state index is 2.52. The second-order valence-corrected chi connectivity index (χ2v) is 18.5. The number of para-hydroxylation sites is 3. The molecule has 5 aliphatic rings. The fourth-order valence-corrected chi connectivity index (χ4v) is 13.2. The number of nitrogens with zero attached hydrogens (tertiary/aromatic N) is 2. The lowest BCUT2D eigenvalue weighted by atomic mass is 9.51. The molecule has 5 atom stereocenters. The van der Waals surface area contributed by atoms with E-state index in [2.05, 4.69) is 204 Å². The van der Waals surface area contributed by atoms with Crippen molar-refractivity contribution in [1.82, 2.24) is 4.57 Å². The topological polar surface area (TPSA) is 8.17 Å². The fraction of sp³-hybridized carbons (Fsp3) is 0.186. The molecule has 4 fully saturated rings. The Morgan fingerprint density at radius 2 is 1.02 bits per heavy atom. The van der Waals surface area contributed by atoms with Crippen LogP contribution in [0.15, 0.2) is 194 Å². The Kier molecular flexibility index (Phi) is 7.89. The second kappa shape index (κ2) is 13.7. The lowest BCUT2D eigenvalue weighted by molar-refractivity contribution is 0.0618. The van der Waals surface area contributed by atoms with E-state index in [0.717, 1.165) is 40.7 Å². The van der Waals surface area contributed by atoms with E-state index in [1.54, 1.807) is 11.1 Å². The van der Waals surface area contributed by atoms with Gasteiger partial charge in [-0.2, -0.15) is 0 Å². The summed E-state index contributed by atoms with van der Waals surface area (Å²) in [4.78, 5) is 2.38. The highest BCUT2D eigenvalue weighted by Gasteiger charge is 2.59. The van der Waals surface area contributed by atoms with Crippen LogP contribution < -0.4 is 4.90 Å².